The van der Waals surface area contributed by atoms with E-state index in [4.69, 9.17) is 0 Å². The Labute approximate surface area is 150 Å². The van der Waals surface area contributed by atoms with Crippen molar-refractivity contribution >= 4 is 17.4 Å². The molecule has 1 aliphatic heterocycles. The van der Waals surface area contributed by atoms with Crippen molar-refractivity contribution in [1.29, 1.82) is 0 Å². The number of hydrogen-bond acceptors (Lipinski definition) is 4. The fourth-order valence-electron chi connectivity index (χ4n) is 2.76. The third-order valence-corrected chi connectivity index (χ3v) is 4.22. The Balaban J connectivity index is 2.43. The molecule has 1 heterocycles. The van der Waals surface area contributed by atoms with Gasteiger partial charge >= 0.3 is 0 Å². The minimum Gasteiger partial charge on any atom is -0.507 e. The first-order valence-corrected chi connectivity index (χ1v) is 8.55. The molecule has 5 nitrogen and oxygen atoms in total. The van der Waals surface area contributed by atoms with Gasteiger partial charge in [-0.05, 0) is 23.0 Å². The number of amides is 1. The summed E-state index contributed by atoms with van der Waals surface area (Å²) in [5, 5.41) is 14.1. The number of hydrogen-bond donors (Lipinski definition) is 2. The Bertz CT molecular complexity index is 699. The maximum absolute atomic E-state index is 11.6. The quantitative estimate of drug-likeness (QED) is 0.754. The minimum absolute atomic E-state index is 0.0260. The lowest BCUT2D eigenvalue weighted by Gasteiger charge is -2.29. The smallest absolute Gasteiger partial charge is 0.223 e. The second-order valence-electron chi connectivity index (χ2n) is 8.57. The van der Waals surface area contributed by atoms with Crippen molar-refractivity contribution in [1.82, 2.24) is 4.90 Å². The van der Waals surface area contributed by atoms with E-state index in [2.05, 4.69) is 51.9 Å². The summed E-state index contributed by atoms with van der Waals surface area (Å²) in [4.78, 5) is 17.5. The summed E-state index contributed by atoms with van der Waals surface area (Å²) in [6, 6.07) is 3.92. The van der Waals surface area contributed by atoms with Crippen molar-refractivity contribution in [2.75, 3.05) is 11.9 Å². The monoisotopic (exact) mass is 343 g/mol. The van der Waals surface area contributed by atoms with Gasteiger partial charge in [-0.3, -0.25) is 4.79 Å². The maximum Gasteiger partial charge on any atom is 0.223 e. The van der Waals surface area contributed by atoms with Crippen LogP contribution in [0.5, 0.6) is 5.75 Å². The van der Waals surface area contributed by atoms with Crippen LogP contribution in [0.1, 0.15) is 59.6 Å². The number of anilines is 1. The molecule has 25 heavy (non-hydrogen) atoms. The van der Waals surface area contributed by atoms with E-state index in [1.807, 2.05) is 12.1 Å². The molecule has 1 amide bonds. The zero-order valence-electron chi connectivity index (χ0n) is 16.3. The summed E-state index contributed by atoms with van der Waals surface area (Å²) in [5.41, 5.74) is 2.25. The van der Waals surface area contributed by atoms with Crippen molar-refractivity contribution in [2.24, 2.45) is 4.99 Å². The van der Waals surface area contributed by atoms with E-state index in [1.54, 1.807) is 17.3 Å². The fraction of sp³-hybridized carbons (Fsp3) is 0.500. The van der Waals surface area contributed by atoms with Crippen LogP contribution < -0.4 is 5.32 Å². The van der Waals surface area contributed by atoms with Crippen LogP contribution in [0, 0.1) is 0 Å². The molecule has 0 radical (unpaired) electrons. The number of carbonyl (C=O) groups is 1. The second kappa shape index (κ2) is 6.54. The first kappa shape index (κ1) is 19.0. The molecule has 0 fully saturated rings. The van der Waals surface area contributed by atoms with Gasteiger partial charge in [0.2, 0.25) is 5.91 Å². The Kier molecular flexibility index (Phi) is 4.98. The number of amidine groups is 1. The van der Waals surface area contributed by atoms with Gasteiger partial charge in [0.1, 0.15) is 11.6 Å². The molecule has 0 saturated heterocycles. The van der Waals surface area contributed by atoms with Gasteiger partial charge in [-0.15, -0.1) is 0 Å². The predicted molar refractivity (Wildman–Crippen MR) is 103 cm³/mol. The van der Waals surface area contributed by atoms with E-state index in [0.29, 0.717) is 18.1 Å². The molecule has 0 bridgehead atoms. The maximum atomic E-state index is 11.6. The fourth-order valence-corrected chi connectivity index (χ4v) is 2.76. The third kappa shape index (κ3) is 4.41. The molecular formula is C20H29N3O2. The number of aliphatic imine (C=N–C) groups is 1. The summed E-state index contributed by atoms with van der Waals surface area (Å²) < 4.78 is 0. The van der Waals surface area contributed by atoms with E-state index in [-0.39, 0.29) is 16.7 Å². The zero-order chi connectivity index (χ0) is 19.0. The van der Waals surface area contributed by atoms with Gasteiger partial charge in [0.05, 0.1) is 6.54 Å². The molecule has 0 spiro atoms. The minimum atomic E-state index is -0.193. The summed E-state index contributed by atoms with van der Waals surface area (Å²) >= 11 is 0. The highest BCUT2D eigenvalue weighted by molar-refractivity contribution is 6.00. The van der Waals surface area contributed by atoms with Crippen LogP contribution >= 0.6 is 0 Å². The lowest BCUT2D eigenvalue weighted by molar-refractivity contribution is -0.125. The van der Waals surface area contributed by atoms with Gasteiger partial charge in [0.25, 0.3) is 0 Å². The van der Waals surface area contributed by atoms with Crippen LogP contribution in [-0.4, -0.2) is 28.3 Å². The SMILES string of the molecule is CC(=O)N1C=CN=C(Nc2cc(C(C)(C)C)c(O)c(C(C)(C)C)c2)C1. The number of rotatable bonds is 1. The highest BCUT2D eigenvalue weighted by atomic mass is 16.3. The van der Waals surface area contributed by atoms with Crippen molar-refractivity contribution < 1.29 is 9.90 Å². The lowest BCUT2D eigenvalue weighted by Crippen LogP contribution is -2.34. The Morgan fingerprint density at radius 1 is 1.12 bits per heavy atom. The summed E-state index contributed by atoms with van der Waals surface area (Å²) in [6.45, 7) is 14.4. The average molecular weight is 343 g/mol. The molecule has 0 atom stereocenters. The van der Waals surface area contributed by atoms with E-state index >= 15 is 0 Å². The van der Waals surface area contributed by atoms with Crippen molar-refractivity contribution in [3.8, 4) is 5.75 Å². The predicted octanol–water partition coefficient (Wildman–Crippen LogP) is 4.13. The van der Waals surface area contributed by atoms with E-state index in [0.717, 1.165) is 16.8 Å². The molecule has 5 heteroatoms. The molecule has 1 aromatic rings. The first-order chi connectivity index (χ1) is 11.4. The molecule has 0 unspecified atom stereocenters. The Hall–Kier alpha value is -2.30. The summed E-state index contributed by atoms with van der Waals surface area (Å²) in [6.07, 6.45) is 3.29. The third-order valence-electron chi connectivity index (χ3n) is 4.22. The number of phenolic OH excluding ortho intramolecular Hbond substituents is 1. The van der Waals surface area contributed by atoms with Gasteiger partial charge in [0, 0.05) is 36.1 Å². The zero-order valence-corrected chi connectivity index (χ0v) is 16.3. The van der Waals surface area contributed by atoms with Crippen molar-refractivity contribution in [2.45, 2.75) is 59.3 Å². The molecule has 136 valence electrons. The van der Waals surface area contributed by atoms with Crippen LogP contribution in [0.4, 0.5) is 5.69 Å². The summed E-state index contributed by atoms with van der Waals surface area (Å²) in [7, 11) is 0. The number of benzene rings is 1. The molecule has 0 saturated carbocycles. The van der Waals surface area contributed by atoms with Crippen molar-refractivity contribution in [3.05, 3.63) is 35.7 Å². The van der Waals surface area contributed by atoms with E-state index < -0.39 is 0 Å². The molecule has 2 N–H and O–H groups in total. The Morgan fingerprint density at radius 2 is 1.64 bits per heavy atom. The Morgan fingerprint density at radius 3 is 2.08 bits per heavy atom. The van der Waals surface area contributed by atoms with E-state index in [9.17, 15) is 9.90 Å². The standard InChI is InChI=1S/C20H29N3O2/c1-13(24)23-9-8-21-17(12-23)22-14-10-15(19(2,3)4)18(25)16(11-14)20(5,6)7/h8-11,25H,12H2,1-7H3,(H,21,22). The van der Waals surface area contributed by atoms with Crippen LogP contribution in [0.25, 0.3) is 0 Å². The highest BCUT2D eigenvalue weighted by Crippen LogP contribution is 2.41. The van der Waals surface area contributed by atoms with Gasteiger partial charge in [-0.1, -0.05) is 41.5 Å². The number of nitrogens with zero attached hydrogens (tertiary/aromatic N) is 2. The lowest BCUT2D eigenvalue weighted by atomic mass is 9.79. The molecule has 1 aliphatic rings. The van der Waals surface area contributed by atoms with Gasteiger partial charge in [0.15, 0.2) is 0 Å². The molecular weight excluding hydrogens is 314 g/mol. The van der Waals surface area contributed by atoms with Crippen LogP contribution in [0.2, 0.25) is 0 Å². The largest absolute Gasteiger partial charge is 0.507 e. The first-order valence-electron chi connectivity index (χ1n) is 8.55. The van der Waals surface area contributed by atoms with Crippen LogP contribution in [0.15, 0.2) is 29.5 Å². The normalized spacial score (nSPS) is 15.2. The highest BCUT2D eigenvalue weighted by Gasteiger charge is 2.27. The van der Waals surface area contributed by atoms with Crippen LogP contribution in [-0.2, 0) is 15.6 Å². The van der Waals surface area contributed by atoms with E-state index in [1.165, 1.54) is 6.92 Å². The van der Waals surface area contributed by atoms with Gasteiger partial charge in [-0.25, -0.2) is 4.99 Å². The molecule has 1 aromatic carbocycles. The average Bonchev–Trinajstić information content (AvgIpc) is 2.46. The number of phenols is 1. The summed E-state index contributed by atoms with van der Waals surface area (Å²) in [5.74, 6) is 1.02. The van der Waals surface area contributed by atoms with Crippen LogP contribution in [0.3, 0.4) is 0 Å². The topological polar surface area (TPSA) is 64.9 Å². The number of carbonyl (C=O) groups excluding carboxylic acids is 1. The number of aromatic hydroxyl groups is 1. The number of nitrogens with one attached hydrogen (secondary N) is 1. The molecule has 0 aromatic heterocycles. The molecule has 2 rings (SSSR count). The second-order valence-corrected chi connectivity index (χ2v) is 8.57. The van der Waals surface area contributed by atoms with Gasteiger partial charge in [-0.2, -0.15) is 0 Å². The van der Waals surface area contributed by atoms with Gasteiger partial charge < -0.3 is 15.3 Å². The molecule has 0 aliphatic carbocycles. The van der Waals surface area contributed by atoms with Crippen molar-refractivity contribution in [3.63, 3.8) is 0 Å².